The van der Waals surface area contributed by atoms with Crippen molar-refractivity contribution in [2.45, 2.75) is 32.6 Å². The topological polar surface area (TPSA) is 84.6 Å². The van der Waals surface area contributed by atoms with Gasteiger partial charge in [0.2, 0.25) is 5.91 Å². The van der Waals surface area contributed by atoms with Crippen molar-refractivity contribution in [2.24, 2.45) is 5.10 Å². The van der Waals surface area contributed by atoms with Crippen molar-refractivity contribution in [3.63, 3.8) is 0 Å². The third-order valence-electron chi connectivity index (χ3n) is 3.69. The molecule has 0 saturated carbocycles. The molecule has 2 aromatic rings. The number of nitrogens with zero attached hydrogens (tertiary/aromatic N) is 2. The minimum Gasteiger partial charge on any atom is -0.273 e. The Balaban J connectivity index is 1.88. The first kappa shape index (κ1) is 18.3. The summed E-state index contributed by atoms with van der Waals surface area (Å²) in [5.41, 5.74) is 5.36. The van der Waals surface area contributed by atoms with Crippen LogP contribution in [0.5, 0.6) is 0 Å². The van der Waals surface area contributed by atoms with E-state index in [9.17, 15) is 14.9 Å². The first-order chi connectivity index (χ1) is 11.8. The van der Waals surface area contributed by atoms with Gasteiger partial charge >= 0.3 is 0 Å². The van der Waals surface area contributed by atoms with Gasteiger partial charge in [-0.1, -0.05) is 57.2 Å². The Kier molecular flexibility index (Phi) is 5.64. The van der Waals surface area contributed by atoms with Gasteiger partial charge in [0.05, 0.1) is 17.6 Å². The Bertz CT molecular complexity index is 773. The van der Waals surface area contributed by atoms with Crippen molar-refractivity contribution in [1.82, 2.24) is 5.43 Å². The number of hydrogen-bond donors (Lipinski definition) is 1. The maximum Gasteiger partial charge on any atom is 0.269 e. The zero-order chi connectivity index (χ0) is 18.4. The van der Waals surface area contributed by atoms with Gasteiger partial charge in [-0.25, -0.2) is 5.43 Å². The summed E-state index contributed by atoms with van der Waals surface area (Å²) < 4.78 is 0. The van der Waals surface area contributed by atoms with Gasteiger partial charge in [0, 0.05) is 12.1 Å². The average Bonchev–Trinajstić information content (AvgIpc) is 2.55. The van der Waals surface area contributed by atoms with Crippen LogP contribution >= 0.6 is 0 Å². The molecule has 0 aromatic heterocycles. The molecule has 0 aliphatic rings. The molecule has 6 nitrogen and oxygen atoms in total. The standard InChI is InChI=1S/C19H21N3O3/c1-19(2,3)16-8-4-15(5-9-16)13-20-21-18(23)12-14-6-10-17(11-7-14)22(24)25/h4-11,13H,12H2,1-3H3,(H,21,23)/b20-13+. The minimum atomic E-state index is -0.473. The molecule has 0 spiro atoms. The summed E-state index contributed by atoms with van der Waals surface area (Å²) in [5.74, 6) is -0.281. The van der Waals surface area contributed by atoms with Crippen LogP contribution in [0.1, 0.15) is 37.5 Å². The number of carbonyl (C=O) groups excluding carboxylic acids is 1. The lowest BCUT2D eigenvalue weighted by atomic mass is 9.87. The number of non-ortho nitro benzene ring substituents is 1. The molecule has 1 N–H and O–H groups in total. The van der Waals surface area contributed by atoms with Crippen molar-refractivity contribution < 1.29 is 9.72 Å². The zero-order valence-electron chi connectivity index (χ0n) is 14.5. The second-order valence-corrected chi connectivity index (χ2v) is 6.77. The van der Waals surface area contributed by atoms with Crippen molar-refractivity contribution in [1.29, 1.82) is 0 Å². The van der Waals surface area contributed by atoms with Crippen LogP contribution in [0.15, 0.2) is 53.6 Å². The van der Waals surface area contributed by atoms with E-state index in [1.54, 1.807) is 18.3 Å². The number of nitrogens with one attached hydrogen (secondary N) is 1. The van der Waals surface area contributed by atoms with Crippen molar-refractivity contribution in [3.05, 3.63) is 75.3 Å². The summed E-state index contributed by atoms with van der Waals surface area (Å²) in [5, 5.41) is 14.5. The van der Waals surface area contributed by atoms with Crippen LogP contribution < -0.4 is 5.43 Å². The van der Waals surface area contributed by atoms with E-state index < -0.39 is 4.92 Å². The smallest absolute Gasteiger partial charge is 0.269 e. The summed E-state index contributed by atoms with van der Waals surface area (Å²) in [6.45, 7) is 6.44. The molecule has 0 heterocycles. The van der Waals surface area contributed by atoms with Gasteiger partial charge in [0.25, 0.3) is 5.69 Å². The number of rotatable bonds is 5. The molecule has 0 radical (unpaired) electrons. The third-order valence-corrected chi connectivity index (χ3v) is 3.69. The van der Waals surface area contributed by atoms with Crippen LogP contribution in [0, 0.1) is 10.1 Å². The number of benzene rings is 2. The van der Waals surface area contributed by atoms with Crippen LogP contribution in [0.3, 0.4) is 0 Å². The fraction of sp³-hybridized carbons (Fsp3) is 0.263. The quantitative estimate of drug-likeness (QED) is 0.513. The normalized spacial score (nSPS) is 11.5. The molecule has 0 saturated heterocycles. The van der Waals surface area contributed by atoms with Gasteiger partial charge in [-0.3, -0.25) is 14.9 Å². The lowest BCUT2D eigenvalue weighted by Crippen LogP contribution is -2.19. The number of hydrazone groups is 1. The molecule has 130 valence electrons. The molecule has 2 aromatic carbocycles. The van der Waals surface area contributed by atoms with E-state index in [0.717, 1.165) is 5.56 Å². The van der Waals surface area contributed by atoms with Crippen LogP contribution in [0.2, 0.25) is 0 Å². The molecule has 0 aliphatic heterocycles. The lowest BCUT2D eigenvalue weighted by Gasteiger charge is -2.18. The number of hydrogen-bond acceptors (Lipinski definition) is 4. The first-order valence-electron chi connectivity index (χ1n) is 7.91. The van der Waals surface area contributed by atoms with E-state index in [1.165, 1.54) is 17.7 Å². The van der Waals surface area contributed by atoms with Crippen LogP contribution in [-0.4, -0.2) is 17.0 Å². The van der Waals surface area contributed by atoms with Crippen molar-refractivity contribution >= 4 is 17.8 Å². The maximum atomic E-state index is 11.8. The molecule has 0 fully saturated rings. The molecular weight excluding hydrogens is 318 g/mol. The monoisotopic (exact) mass is 339 g/mol. The van der Waals surface area contributed by atoms with E-state index in [4.69, 9.17) is 0 Å². The Morgan fingerprint density at radius 2 is 1.72 bits per heavy atom. The number of carbonyl (C=O) groups is 1. The SMILES string of the molecule is CC(C)(C)c1ccc(/C=N/NC(=O)Cc2ccc([N+](=O)[O-])cc2)cc1. The van der Waals surface area contributed by atoms with Crippen LogP contribution in [-0.2, 0) is 16.6 Å². The first-order valence-corrected chi connectivity index (χ1v) is 7.91. The average molecular weight is 339 g/mol. The largest absolute Gasteiger partial charge is 0.273 e. The van der Waals surface area contributed by atoms with Gasteiger partial charge in [-0.15, -0.1) is 0 Å². The Morgan fingerprint density at radius 1 is 1.12 bits per heavy atom. The fourth-order valence-electron chi connectivity index (χ4n) is 2.21. The van der Waals surface area contributed by atoms with E-state index >= 15 is 0 Å². The predicted molar refractivity (Wildman–Crippen MR) is 97.7 cm³/mol. The van der Waals surface area contributed by atoms with Crippen LogP contribution in [0.4, 0.5) is 5.69 Å². The molecule has 2 rings (SSSR count). The molecule has 0 unspecified atom stereocenters. The lowest BCUT2D eigenvalue weighted by molar-refractivity contribution is -0.384. The van der Waals surface area contributed by atoms with Crippen LogP contribution in [0.25, 0.3) is 0 Å². The van der Waals surface area contributed by atoms with Gasteiger partial charge in [0.15, 0.2) is 0 Å². The molecule has 0 bridgehead atoms. The number of nitro benzene ring substituents is 1. The van der Waals surface area contributed by atoms with Gasteiger partial charge < -0.3 is 0 Å². The summed E-state index contributed by atoms with van der Waals surface area (Å²) in [6, 6.07) is 13.9. The molecule has 0 atom stereocenters. The second-order valence-electron chi connectivity index (χ2n) is 6.77. The summed E-state index contributed by atoms with van der Waals surface area (Å²) in [4.78, 5) is 22.0. The highest BCUT2D eigenvalue weighted by atomic mass is 16.6. The van der Waals surface area contributed by atoms with Gasteiger partial charge in [-0.05, 0) is 22.1 Å². The second kappa shape index (κ2) is 7.70. The fourth-order valence-corrected chi connectivity index (χ4v) is 2.21. The van der Waals surface area contributed by atoms with E-state index in [2.05, 4.69) is 31.3 Å². The predicted octanol–water partition coefficient (Wildman–Crippen LogP) is 3.59. The summed E-state index contributed by atoms with van der Waals surface area (Å²) >= 11 is 0. The summed E-state index contributed by atoms with van der Waals surface area (Å²) in [6.07, 6.45) is 1.69. The highest BCUT2D eigenvalue weighted by molar-refractivity contribution is 5.83. The van der Waals surface area contributed by atoms with Crippen molar-refractivity contribution in [2.75, 3.05) is 0 Å². The maximum absolute atomic E-state index is 11.8. The van der Waals surface area contributed by atoms with E-state index in [0.29, 0.717) is 5.56 Å². The summed E-state index contributed by atoms with van der Waals surface area (Å²) in [7, 11) is 0. The highest BCUT2D eigenvalue weighted by Gasteiger charge is 2.12. The highest BCUT2D eigenvalue weighted by Crippen LogP contribution is 2.21. The minimum absolute atomic E-state index is 0.000817. The van der Waals surface area contributed by atoms with Gasteiger partial charge in [0.1, 0.15) is 0 Å². The molecule has 25 heavy (non-hydrogen) atoms. The van der Waals surface area contributed by atoms with Gasteiger partial charge in [-0.2, -0.15) is 5.10 Å². The van der Waals surface area contributed by atoms with E-state index in [1.807, 2.05) is 24.3 Å². The molecule has 1 amide bonds. The van der Waals surface area contributed by atoms with E-state index in [-0.39, 0.29) is 23.4 Å². The molecular formula is C19H21N3O3. The Hall–Kier alpha value is -3.02. The Labute approximate surface area is 146 Å². The Morgan fingerprint density at radius 3 is 2.24 bits per heavy atom. The zero-order valence-corrected chi connectivity index (χ0v) is 14.5. The number of nitro groups is 1. The molecule has 6 heteroatoms. The third kappa shape index (κ3) is 5.53. The number of amides is 1. The van der Waals surface area contributed by atoms with Crippen molar-refractivity contribution in [3.8, 4) is 0 Å². The molecule has 0 aliphatic carbocycles.